The number of anilines is 1. The van der Waals surface area contributed by atoms with Crippen LogP contribution in [0.1, 0.15) is 24.2 Å². The number of esters is 1. The van der Waals surface area contributed by atoms with Crippen LogP contribution in [0.2, 0.25) is 0 Å². The Morgan fingerprint density at radius 3 is 2.14 bits per heavy atom. The molecule has 0 aliphatic heterocycles. The van der Waals surface area contributed by atoms with Crippen LogP contribution in [0.15, 0.2) is 53.4 Å². The van der Waals surface area contributed by atoms with Gasteiger partial charge in [0.2, 0.25) is 15.9 Å². The van der Waals surface area contributed by atoms with E-state index in [-0.39, 0.29) is 18.0 Å². The van der Waals surface area contributed by atoms with Crippen molar-refractivity contribution in [2.75, 3.05) is 32.1 Å². The number of benzene rings is 2. The number of carbonyl (C=O) groups excluding carboxylic acids is 2. The summed E-state index contributed by atoms with van der Waals surface area (Å²) in [5, 5.41) is 2.62. The molecule has 0 aromatic heterocycles. The van der Waals surface area contributed by atoms with E-state index in [2.05, 4.69) is 10.1 Å². The maximum atomic E-state index is 12.8. The van der Waals surface area contributed by atoms with Gasteiger partial charge in [-0.2, -0.15) is 4.31 Å². The molecule has 0 heterocycles. The summed E-state index contributed by atoms with van der Waals surface area (Å²) in [4.78, 5) is 23.9. The van der Waals surface area contributed by atoms with Gasteiger partial charge < -0.3 is 14.8 Å². The Kier molecular flexibility index (Phi) is 7.74. The monoisotopic (exact) mass is 420 g/mol. The fraction of sp³-hybridized carbons (Fsp3) is 0.300. The number of carbonyl (C=O) groups is 2. The molecule has 8 nitrogen and oxygen atoms in total. The number of amides is 1. The number of nitrogens with one attached hydrogen (secondary N) is 1. The first-order chi connectivity index (χ1) is 13.8. The molecule has 0 atom stereocenters. The van der Waals surface area contributed by atoms with Gasteiger partial charge in [0.15, 0.2) is 0 Å². The van der Waals surface area contributed by atoms with Gasteiger partial charge in [-0.3, -0.25) is 4.79 Å². The second-order valence-electron chi connectivity index (χ2n) is 5.95. The fourth-order valence-electron chi connectivity index (χ4n) is 2.56. The van der Waals surface area contributed by atoms with Crippen LogP contribution < -0.4 is 10.1 Å². The smallest absolute Gasteiger partial charge is 0.337 e. The molecule has 0 spiro atoms. The van der Waals surface area contributed by atoms with Gasteiger partial charge >= 0.3 is 5.97 Å². The molecule has 0 radical (unpaired) electrons. The lowest BCUT2D eigenvalue weighted by Gasteiger charge is -2.20. The third-order valence-electron chi connectivity index (χ3n) is 4.03. The van der Waals surface area contributed by atoms with Gasteiger partial charge in [-0.25, -0.2) is 13.2 Å². The van der Waals surface area contributed by atoms with E-state index >= 15 is 0 Å². The zero-order chi connectivity index (χ0) is 21.4. The van der Waals surface area contributed by atoms with E-state index in [0.717, 1.165) is 4.31 Å². The molecular weight excluding hydrogens is 396 g/mol. The van der Waals surface area contributed by atoms with Crippen LogP contribution in [0.3, 0.4) is 0 Å². The molecule has 0 saturated heterocycles. The zero-order valence-electron chi connectivity index (χ0n) is 16.5. The van der Waals surface area contributed by atoms with E-state index in [1.165, 1.54) is 31.4 Å². The Bertz CT molecular complexity index is 940. The van der Waals surface area contributed by atoms with E-state index in [9.17, 15) is 18.0 Å². The predicted octanol–water partition coefficient (Wildman–Crippen LogP) is 2.52. The van der Waals surface area contributed by atoms with Gasteiger partial charge in [0, 0.05) is 12.2 Å². The van der Waals surface area contributed by atoms with Gasteiger partial charge in [-0.1, -0.05) is 6.92 Å². The lowest BCUT2D eigenvalue weighted by molar-refractivity contribution is -0.116. The Morgan fingerprint density at radius 2 is 1.62 bits per heavy atom. The minimum atomic E-state index is -3.84. The first kappa shape index (κ1) is 22.4. The van der Waals surface area contributed by atoms with Crippen LogP contribution in [0, 0.1) is 0 Å². The number of hydrogen-bond donors (Lipinski definition) is 1. The number of hydrogen-bond acceptors (Lipinski definition) is 6. The first-order valence-electron chi connectivity index (χ1n) is 9.03. The van der Waals surface area contributed by atoms with E-state index in [4.69, 9.17) is 4.74 Å². The highest BCUT2D eigenvalue weighted by Crippen LogP contribution is 2.20. The Balaban J connectivity index is 2.07. The fourth-order valence-corrected chi connectivity index (χ4v) is 3.96. The van der Waals surface area contributed by atoms with Gasteiger partial charge in [0.25, 0.3) is 0 Å². The molecule has 0 saturated carbocycles. The number of nitrogens with zero attached hydrogens (tertiary/aromatic N) is 1. The normalized spacial score (nSPS) is 11.2. The van der Waals surface area contributed by atoms with Crippen LogP contribution in [0.5, 0.6) is 5.75 Å². The van der Waals surface area contributed by atoms with Crippen molar-refractivity contribution in [2.45, 2.75) is 18.7 Å². The summed E-state index contributed by atoms with van der Waals surface area (Å²) in [5.74, 6) is -0.406. The number of likely N-dealkylation sites (N-methyl/N-ethyl adjacent to an activating group) is 1. The van der Waals surface area contributed by atoms with Crippen molar-refractivity contribution in [1.29, 1.82) is 0 Å². The van der Waals surface area contributed by atoms with E-state index in [1.54, 1.807) is 31.2 Å². The molecular formula is C20H24N2O6S. The lowest BCUT2D eigenvalue weighted by atomic mass is 10.2. The van der Waals surface area contributed by atoms with Crippen molar-refractivity contribution >= 4 is 27.6 Å². The molecule has 0 unspecified atom stereocenters. The molecule has 9 heteroatoms. The average Bonchev–Trinajstić information content (AvgIpc) is 2.72. The minimum Gasteiger partial charge on any atom is -0.494 e. The maximum Gasteiger partial charge on any atom is 0.337 e. The van der Waals surface area contributed by atoms with Crippen molar-refractivity contribution in [3.8, 4) is 5.75 Å². The third-order valence-corrected chi connectivity index (χ3v) is 5.97. The standard InChI is InChI=1S/C20H24N2O6S/c1-4-22(29(25,26)18-12-10-17(11-13-18)28-5-2)14-19(23)21-16-8-6-15(7-9-16)20(24)27-3/h6-13H,4-5,14H2,1-3H3,(H,21,23). The van der Waals surface area contributed by atoms with Crippen LogP contribution >= 0.6 is 0 Å². The van der Waals surface area contributed by atoms with E-state index in [1.807, 2.05) is 6.92 Å². The third kappa shape index (κ3) is 5.78. The van der Waals surface area contributed by atoms with Crippen molar-refractivity contribution in [2.24, 2.45) is 0 Å². The van der Waals surface area contributed by atoms with Gasteiger partial charge in [0.1, 0.15) is 5.75 Å². The maximum absolute atomic E-state index is 12.8. The summed E-state index contributed by atoms with van der Waals surface area (Å²) in [5.41, 5.74) is 0.788. The molecule has 1 amide bonds. The molecule has 156 valence electrons. The molecule has 29 heavy (non-hydrogen) atoms. The summed E-state index contributed by atoms with van der Waals surface area (Å²) in [6.45, 7) is 3.76. The second kappa shape index (κ2) is 10.0. The second-order valence-corrected chi connectivity index (χ2v) is 7.89. The highest BCUT2D eigenvalue weighted by molar-refractivity contribution is 7.89. The molecule has 0 bridgehead atoms. The predicted molar refractivity (Wildman–Crippen MR) is 108 cm³/mol. The van der Waals surface area contributed by atoms with Crippen molar-refractivity contribution in [3.05, 3.63) is 54.1 Å². The number of methoxy groups -OCH3 is 1. The highest BCUT2D eigenvalue weighted by atomic mass is 32.2. The largest absolute Gasteiger partial charge is 0.494 e. The van der Waals surface area contributed by atoms with Crippen molar-refractivity contribution in [3.63, 3.8) is 0 Å². The van der Waals surface area contributed by atoms with Crippen molar-refractivity contribution < 1.29 is 27.5 Å². The Hall–Kier alpha value is -2.91. The molecule has 0 fully saturated rings. The highest BCUT2D eigenvalue weighted by Gasteiger charge is 2.25. The topological polar surface area (TPSA) is 102 Å². The molecule has 0 aliphatic rings. The minimum absolute atomic E-state index is 0.0815. The summed E-state index contributed by atoms with van der Waals surface area (Å²) in [6.07, 6.45) is 0. The molecule has 2 aromatic carbocycles. The summed E-state index contributed by atoms with van der Waals surface area (Å²) in [7, 11) is -2.56. The quantitative estimate of drug-likeness (QED) is 0.626. The lowest BCUT2D eigenvalue weighted by Crippen LogP contribution is -2.37. The van der Waals surface area contributed by atoms with Gasteiger partial charge in [0.05, 0.1) is 30.7 Å². The zero-order valence-corrected chi connectivity index (χ0v) is 17.4. The van der Waals surface area contributed by atoms with E-state index in [0.29, 0.717) is 23.6 Å². The molecule has 2 aromatic rings. The number of sulfonamides is 1. The van der Waals surface area contributed by atoms with Gasteiger partial charge in [-0.15, -0.1) is 0 Å². The van der Waals surface area contributed by atoms with Crippen LogP contribution in [-0.2, 0) is 19.6 Å². The van der Waals surface area contributed by atoms with Crippen LogP contribution in [0.25, 0.3) is 0 Å². The molecule has 0 aliphatic carbocycles. The summed E-state index contributed by atoms with van der Waals surface area (Å²) >= 11 is 0. The van der Waals surface area contributed by atoms with Crippen LogP contribution in [0.4, 0.5) is 5.69 Å². The van der Waals surface area contributed by atoms with Crippen molar-refractivity contribution in [1.82, 2.24) is 4.31 Å². The number of rotatable bonds is 9. The SMILES string of the molecule is CCOc1ccc(S(=O)(=O)N(CC)CC(=O)Nc2ccc(C(=O)OC)cc2)cc1. The average molecular weight is 420 g/mol. The van der Waals surface area contributed by atoms with E-state index < -0.39 is 21.9 Å². The number of ether oxygens (including phenoxy) is 2. The Labute approximate surface area is 170 Å². The Morgan fingerprint density at radius 1 is 1.00 bits per heavy atom. The summed E-state index contributed by atoms with van der Waals surface area (Å²) < 4.78 is 36.7. The molecule has 1 N–H and O–H groups in total. The first-order valence-corrected chi connectivity index (χ1v) is 10.5. The van der Waals surface area contributed by atoms with Gasteiger partial charge in [-0.05, 0) is 55.5 Å². The summed E-state index contributed by atoms with van der Waals surface area (Å²) in [6, 6.07) is 12.2. The van der Waals surface area contributed by atoms with Crippen LogP contribution in [-0.4, -0.2) is 51.4 Å². The molecule has 2 rings (SSSR count).